The number of rotatable bonds is 5. The third-order valence-corrected chi connectivity index (χ3v) is 6.00. The number of para-hydroxylation sites is 1. The van der Waals surface area contributed by atoms with Gasteiger partial charge in [-0.15, -0.1) is 0 Å². The van der Waals surface area contributed by atoms with Gasteiger partial charge in [0.1, 0.15) is 0 Å². The molecule has 4 nitrogen and oxygen atoms in total. The molecule has 0 spiro atoms. The van der Waals surface area contributed by atoms with E-state index in [2.05, 4.69) is 43.8 Å². The molecule has 0 fully saturated rings. The second kappa shape index (κ2) is 6.96. The van der Waals surface area contributed by atoms with Gasteiger partial charge in [-0.05, 0) is 31.9 Å². The van der Waals surface area contributed by atoms with Crippen LogP contribution in [0.15, 0.2) is 30.7 Å². The molecule has 0 saturated carbocycles. The SMILES string of the molecule is CCOC(=O)c1cncn1-c1c(C)cccc1C(C)(Br)CBr. The van der Waals surface area contributed by atoms with Gasteiger partial charge in [-0.3, -0.25) is 4.57 Å². The topological polar surface area (TPSA) is 44.1 Å². The Balaban J connectivity index is 2.64. The minimum absolute atomic E-state index is 0.259. The third-order valence-electron chi connectivity index (χ3n) is 3.41. The van der Waals surface area contributed by atoms with E-state index in [0.717, 1.165) is 22.1 Å². The van der Waals surface area contributed by atoms with Crippen LogP contribution >= 0.6 is 31.9 Å². The first kappa shape index (κ1) is 17.2. The summed E-state index contributed by atoms with van der Waals surface area (Å²) in [6.45, 7) is 6.23. The largest absolute Gasteiger partial charge is 0.461 e. The Bertz CT molecular complexity index is 681. The molecule has 118 valence electrons. The molecular weight excluding hydrogens is 412 g/mol. The lowest BCUT2D eigenvalue weighted by Crippen LogP contribution is -2.20. The average molecular weight is 430 g/mol. The van der Waals surface area contributed by atoms with Crippen LogP contribution in [0.25, 0.3) is 5.69 Å². The van der Waals surface area contributed by atoms with Crippen LogP contribution in [0.2, 0.25) is 0 Å². The molecule has 0 amide bonds. The summed E-state index contributed by atoms with van der Waals surface area (Å²) in [4.78, 5) is 16.3. The lowest BCUT2D eigenvalue weighted by molar-refractivity contribution is 0.0517. The molecule has 0 aliphatic rings. The van der Waals surface area contributed by atoms with Crippen LogP contribution in [0.4, 0.5) is 0 Å². The Morgan fingerprint density at radius 3 is 2.82 bits per heavy atom. The van der Waals surface area contributed by atoms with Gasteiger partial charge >= 0.3 is 5.97 Å². The molecule has 0 bridgehead atoms. The summed E-state index contributed by atoms with van der Waals surface area (Å²) >= 11 is 7.29. The molecule has 1 atom stereocenters. The zero-order valence-corrected chi connectivity index (χ0v) is 15.9. The molecule has 1 aromatic carbocycles. The number of hydrogen-bond acceptors (Lipinski definition) is 3. The normalized spacial score (nSPS) is 13.7. The number of aryl methyl sites for hydroxylation is 1. The van der Waals surface area contributed by atoms with Gasteiger partial charge in [0.25, 0.3) is 0 Å². The van der Waals surface area contributed by atoms with Crippen LogP contribution in [0, 0.1) is 6.92 Å². The van der Waals surface area contributed by atoms with E-state index in [9.17, 15) is 4.79 Å². The fraction of sp³-hybridized carbons (Fsp3) is 0.375. The highest BCUT2D eigenvalue weighted by Gasteiger charge is 2.27. The van der Waals surface area contributed by atoms with Crippen LogP contribution in [0.3, 0.4) is 0 Å². The molecule has 2 aromatic rings. The van der Waals surface area contributed by atoms with Crippen LogP contribution < -0.4 is 0 Å². The second-order valence-corrected chi connectivity index (χ2v) is 7.48. The first-order valence-electron chi connectivity index (χ1n) is 6.97. The fourth-order valence-electron chi connectivity index (χ4n) is 2.30. The number of nitrogens with zero attached hydrogens (tertiary/aromatic N) is 2. The van der Waals surface area contributed by atoms with Gasteiger partial charge in [-0.1, -0.05) is 50.1 Å². The first-order valence-corrected chi connectivity index (χ1v) is 8.88. The summed E-state index contributed by atoms with van der Waals surface area (Å²) in [6, 6.07) is 6.08. The van der Waals surface area contributed by atoms with Crippen molar-refractivity contribution >= 4 is 37.8 Å². The van der Waals surface area contributed by atoms with E-state index in [1.54, 1.807) is 17.8 Å². The maximum absolute atomic E-state index is 12.1. The van der Waals surface area contributed by atoms with Gasteiger partial charge in [-0.2, -0.15) is 0 Å². The van der Waals surface area contributed by atoms with Gasteiger partial charge in [0, 0.05) is 5.33 Å². The lowest BCUT2D eigenvalue weighted by atomic mass is 9.97. The molecule has 0 aliphatic carbocycles. The number of carbonyl (C=O) groups is 1. The van der Waals surface area contributed by atoms with Crippen molar-refractivity contribution in [3.05, 3.63) is 47.5 Å². The number of carbonyl (C=O) groups excluding carboxylic acids is 1. The predicted octanol–water partition coefficient (Wildman–Crippen LogP) is 4.36. The van der Waals surface area contributed by atoms with Crippen molar-refractivity contribution in [1.29, 1.82) is 0 Å². The number of imidazole rings is 1. The monoisotopic (exact) mass is 428 g/mol. The summed E-state index contributed by atoms with van der Waals surface area (Å²) in [5, 5.41) is 0.736. The molecule has 22 heavy (non-hydrogen) atoms. The van der Waals surface area contributed by atoms with E-state index in [1.165, 1.54) is 6.20 Å². The molecule has 6 heteroatoms. The molecule has 0 aliphatic heterocycles. The van der Waals surface area contributed by atoms with Crippen molar-refractivity contribution in [2.75, 3.05) is 11.9 Å². The Kier molecular flexibility index (Phi) is 5.45. The minimum atomic E-state index is -0.371. The van der Waals surface area contributed by atoms with Crippen molar-refractivity contribution in [1.82, 2.24) is 9.55 Å². The van der Waals surface area contributed by atoms with Crippen molar-refractivity contribution in [3.63, 3.8) is 0 Å². The molecule has 1 aromatic heterocycles. The van der Waals surface area contributed by atoms with Gasteiger partial charge < -0.3 is 4.74 Å². The average Bonchev–Trinajstić information content (AvgIpc) is 2.96. The number of aromatic nitrogens is 2. The summed E-state index contributed by atoms with van der Waals surface area (Å²) in [6.07, 6.45) is 3.18. The number of ether oxygens (including phenoxy) is 1. The molecule has 0 radical (unpaired) electrons. The highest BCUT2D eigenvalue weighted by Crippen LogP contribution is 2.38. The standard InChI is InChI=1S/C16H18Br2N2O2/c1-4-22-15(21)13-8-19-10-20(13)14-11(2)6-5-7-12(14)16(3,18)9-17/h5-8,10H,4,9H2,1-3H3. The number of alkyl halides is 2. The Hall–Kier alpha value is -1.14. The van der Waals surface area contributed by atoms with Crippen LogP contribution in [0.1, 0.15) is 35.5 Å². The second-order valence-electron chi connectivity index (χ2n) is 5.17. The smallest absolute Gasteiger partial charge is 0.356 e. The molecule has 1 unspecified atom stereocenters. The summed E-state index contributed by atoms with van der Waals surface area (Å²) in [5.41, 5.74) is 3.51. The van der Waals surface area contributed by atoms with Gasteiger partial charge in [-0.25, -0.2) is 9.78 Å². The number of hydrogen-bond donors (Lipinski definition) is 0. The molecule has 0 N–H and O–H groups in total. The maximum Gasteiger partial charge on any atom is 0.356 e. The molecule has 0 saturated heterocycles. The van der Waals surface area contributed by atoms with E-state index >= 15 is 0 Å². The Morgan fingerprint density at radius 2 is 2.18 bits per heavy atom. The van der Waals surface area contributed by atoms with E-state index in [1.807, 2.05) is 25.1 Å². The zero-order chi connectivity index (χ0) is 16.3. The van der Waals surface area contributed by atoms with Gasteiger partial charge in [0.05, 0.1) is 29.1 Å². The van der Waals surface area contributed by atoms with E-state index < -0.39 is 0 Å². The Labute approximate surface area is 147 Å². The Morgan fingerprint density at radius 1 is 1.45 bits per heavy atom. The van der Waals surface area contributed by atoms with Crippen LogP contribution in [0.5, 0.6) is 0 Å². The van der Waals surface area contributed by atoms with Gasteiger partial charge in [0.15, 0.2) is 5.69 Å². The molecule has 1 heterocycles. The van der Waals surface area contributed by atoms with E-state index in [4.69, 9.17) is 4.74 Å². The van der Waals surface area contributed by atoms with Crippen molar-refractivity contribution in [2.45, 2.75) is 25.1 Å². The predicted molar refractivity (Wildman–Crippen MR) is 94.3 cm³/mol. The first-order chi connectivity index (χ1) is 10.4. The highest BCUT2D eigenvalue weighted by atomic mass is 79.9. The number of halogens is 2. The zero-order valence-electron chi connectivity index (χ0n) is 12.8. The third kappa shape index (κ3) is 3.27. The minimum Gasteiger partial charge on any atom is -0.461 e. The highest BCUT2D eigenvalue weighted by molar-refractivity contribution is 9.12. The van der Waals surface area contributed by atoms with Crippen molar-refractivity contribution in [3.8, 4) is 5.69 Å². The molecular formula is C16H18Br2N2O2. The van der Waals surface area contributed by atoms with Crippen molar-refractivity contribution < 1.29 is 9.53 Å². The quantitative estimate of drug-likeness (QED) is 0.523. The van der Waals surface area contributed by atoms with Crippen LogP contribution in [-0.2, 0) is 9.06 Å². The maximum atomic E-state index is 12.1. The van der Waals surface area contributed by atoms with E-state index in [0.29, 0.717) is 12.3 Å². The van der Waals surface area contributed by atoms with Crippen LogP contribution in [-0.4, -0.2) is 27.5 Å². The molecule has 2 rings (SSSR count). The summed E-state index contributed by atoms with van der Waals surface area (Å²) in [5.74, 6) is -0.371. The van der Waals surface area contributed by atoms with E-state index in [-0.39, 0.29) is 10.3 Å². The van der Waals surface area contributed by atoms with Gasteiger partial charge in [0.2, 0.25) is 0 Å². The fourth-order valence-corrected chi connectivity index (χ4v) is 2.92. The summed E-state index contributed by atoms with van der Waals surface area (Å²) < 4.78 is 6.66. The number of benzene rings is 1. The lowest BCUT2D eigenvalue weighted by Gasteiger charge is -2.25. The summed E-state index contributed by atoms with van der Waals surface area (Å²) in [7, 11) is 0. The number of esters is 1. The van der Waals surface area contributed by atoms with Crippen molar-refractivity contribution in [2.24, 2.45) is 0 Å².